The average Bonchev–Trinajstić information content (AvgIpc) is 3.41. The van der Waals surface area contributed by atoms with Crippen molar-refractivity contribution in [3.05, 3.63) is 36.1 Å². The number of nitrogens with zero attached hydrogens (tertiary/aromatic N) is 2. The molecule has 1 atom stereocenters. The third kappa shape index (κ3) is 3.65. The van der Waals surface area contributed by atoms with Crippen LogP contribution in [0.4, 0.5) is 0 Å². The minimum absolute atomic E-state index is 0.220. The number of ether oxygens (including phenoxy) is 1. The molecule has 0 spiro atoms. The predicted molar refractivity (Wildman–Crippen MR) is 112 cm³/mol. The number of rotatable bonds is 6. The number of hydrogen-bond acceptors (Lipinski definition) is 6. The zero-order chi connectivity index (χ0) is 20.5. The van der Waals surface area contributed by atoms with Gasteiger partial charge in [-0.1, -0.05) is 0 Å². The molecule has 0 bridgehead atoms. The van der Waals surface area contributed by atoms with Crippen molar-refractivity contribution in [2.45, 2.75) is 38.0 Å². The molecule has 2 aliphatic heterocycles. The van der Waals surface area contributed by atoms with Gasteiger partial charge in [0, 0.05) is 35.4 Å². The number of likely N-dealkylation sites (tertiary alicyclic amines) is 1. The van der Waals surface area contributed by atoms with E-state index in [1.165, 1.54) is 25.9 Å². The monoisotopic (exact) mass is 407 g/mol. The molecular weight excluding hydrogens is 382 g/mol. The van der Waals surface area contributed by atoms with E-state index in [9.17, 15) is 9.59 Å². The molecule has 3 aromatic rings. The number of imide groups is 1. The summed E-state index contributed by atoms with van der Waals surface area (Å²) in [5.41, 5.74) is 2.32. The summed E-state index contributed by atoms with van der Waals surface area (Å²) in [5.74, 6) is -0.274. The Labute approximate surface area is 174 Å². The molecule has 30 heavy (non-hydrogen) atoms. The molecule has 2 aromatic heterocycles. The maximum absolute atomic E-state index is 12.4. The first-order valence-electron chi connectivity index (χ1n) is 10.7. The number of piperidine rings is 1. The number of benzene rings is 1. The van der Waals surface area contributed by atoms with Gasteiger partial charge in [-0.25, -0.2) is 4.98 Å². The molecule has 2 saturated heterocycles. The second-order valence-corrected chi connectivity index (χ2v) is 8.10. The normalized spacial score (nSPS) is 20.2. The molecule has 7 heteroatoms. The number of aromatic nitrogens is 1. The summed E-state index contributed by atoms with van der Waals surface area (Å²) in [4.78, 5) is 31.0. The number of nitrogens with one attached hydrogen (secondary N) is 1. The summed E-state index contributed by atoms with van der Waals surface area (Å²) < 4.78 is 11.6. The Hall–Kier alpha value is -2.93. The van der Waals surface area contributed by atoms with Crippen LogP contribution >= 0.6 is 0 Å². The van der Waals surface area contributed by atoms with Crippen LogP contribution in [0.3, 0.4) is 0 Å². The smallest absolute Gasteiger partial charge is 0.234 e. The highest BCUT2D eigenvalue weighted by Crippen LogP contribution is 2.36. The van der Waals surface area contributed by atoms with Crippen molar-refractivity contribution in [1.29, 1.82) is 0 Å². The molecule has 0 radical (unpaired) electrons. The largest absolute Gasteiger partial charge is 0.478 e. The highest BCUT2D eigenvalue weighted by molar-refractivity contribution is 6.09. The third-order valence-corrected chi connectivity index (χ3v) is 6.09. The van der Waals surface area contributed by atoms with Crippen LogP contribution < -0.4 is 10.1 Å². The van der Waals surface area contributed by atoms with Crippen molar-refractivity contribution in [3.8, 4) is 5.88 Å². The first-order chi connectivity index (χ1) is 14.7. The van der Waals surface area contributed by atoms with Gasteiger partial charge in [0.15, 0.2) is 0 Å². The third-order valence-electron chi connectivity index (χ3n) is 6.09. The molecule has 5 rings (SSSR count). The lowest BCUT2D eigenvalue weighted by molar-refractivity contribution is -0.134. The van der Waals surface area contributed by atoms with Gasteiger partial charge in [-0.15, -0.1) is 0 Å². The zero-order valence-electron chi connectivity index (χ0n) is 16.9. The maximum atomic E-state index is 12.4. The molecule has 0 saturated carbocycles. The summed E-state index contributed by atoms with van der Waals surface area (Å²) in [5, 5.41) is 4.24. The van der Waals surface area contributed by atoms with Crippen LogP contribution in [0.15, 0.2) is 34.9 Å². The van der Waals surface area contributed by atoms with Crippen LogP contribution in [-0.2, 0) is 9.59 Å². The molecule has 0 aliphatic carbocycles. The number of pyridine rings is 1. The van der Waals surface area contributed by atoms with Crippen molar-refractivity contribution < 1.29 is 18.7 Å². The van der Waals surface area contributed by atoms with E-state index in [1.54, 1.807) is 6.26 Å². The second kappa shape index (κ2) is 8.07. The fraction of sp³-hybridized carbons (Fsp3) is 0.435. The molecule has 4 heterocycles. The van der Waals surface area contributed by atoms with E-state index >= 15 is 0 Å². The Bertz CT molecular complexity index is 1100. The van der Waals surface area contributed by atoms with Gasteiger partial charge in [-0.05, 0) is 57.0 Å². The molecular formula is C23H25N3O4. The molecule has 2 fully saturated rings. The molecule has 1 N–H and O–H groups in total. The summed E-state index contributed by atoms with van der Waals surface area (Å²) in [6.45, 7) is 4.11. The van der Waals surface area contributed by atoms with Gasteiger partial charge in [0.25, 0.3) is 0 Å². The van der Waals surface area contributed by atoms with Crippen LogP contribution in [0.2, 0.25) is 0 Å². The van der Waals surface area contributed by atoms with Crippen LogP contribution in [0, 0.1) is 0 Å². The number of hydrogen-bond donors (Lipinski definition) is 1. The molecule has 2 amide bonds. The topological polar surface area (TPSA) is 84.7 Å². The highest BCUT2D eigenvalue weighted by atomic mass is 16.5. The van der Waals surface area contributed by atoms with Gasteiger partial charge < -0.3 is 14.1 Å². The standard InChI is InChI=1S/C23H25N3O4/c27-20-8-4-15(23(28)25-20)17-14-30-19-7-6-18-16(22(17)19)5-9-21(24-18)29-13-3-12-26-10-1-2-11-26/h5-7,9,14-15H,1-4,8,10-13H2,(H,25,27,28)/t15-/m1/s1. The van der Waals surface area contributed by atoms with E-state index in [4.69, 9.17) is 9.15 Å². The van der Waals surface area contributed by atoms with E-state index in [0.29, 0.717) is 30.9 Å². The fourth-order valence-electron chi connectivity index (χ4n) is 4.55. The predicted octanol–water partition coefficient (Wildman–Crippen LogP) is 3.37. The highest BCUT2D eigenvalue weighted by Gasteiger charge is 2.31. The van der Waals surface area contributed by atoms with Crippen LogP contribution in [0.5, 0.6) is 5.88 Å². The summed E-state index contributed by atoms with van der Waals surface area (Å²) in [7, 11) is 0. The van der Waals surface area contributed by atoms with Crippen molar-refractivity contribution in [1.82, 2.24) is 15.2 Å². The first kappa shape index (κ1) is 19.1. The number of carbonyl (C=O) groups is 2. The SMILES string of the molecule is O=C1CC[C@H](c2coc3ccc4nc(OCCCN5CCCC5)ccc4c23)C(=O)N1. The lowest BCUT2D eigenvalue weighted by Gasteiger charge is -2.20. The van der Waals surface area contributed by atoms with E-state index in [2.05, 4.69) is 15.2 Å². The van der Waals surface area contributed by atoms with E-state index < -0.39 is 5.92 Å². The van der Waals surface area contributed by atoms with Crippen LogP contribution in [0.25, 0.3) is 21.9 Å². The van der Waals surface area contributed by atoms with Crippen molar-refractivity contribution >= 4 is 33.7 Å². The van der Waals surface area contributed by atoms with E-state index in [1.807, 2.05) is 24.3 Å². The number of fused-ring (bicyclic) bond motifs is 3. The Morgan fingerprint density at radius 1 is 1.17 bits per heavy atom. The number of carbonyl (C=O) groups excluding carboxylic acids is 2. The van der Waals surface area contributed by atoms with Gasteiger partial charge in [0.2, 0.25) is 17.7 Å². The quantitative estimate of drug-likeness (QED) is 0.498. The van der Waals surface area contributed by atoms with Gasteiger partial charge in [0.1, 0.15) is 5.58 Å². The van der Waals surface area contributed by atoms with Crippen LogP contribution in [-0.4, -0.2) is 47.9 Å². The van der Waals surface area contributed by atoms with Gasteiger partial charge >= 0.3 is 0 Å². The molecule has 1 aromatic carbocycles. The minimum Gasteiger partial charge on any atom is -0.478 e. The molecule has 7 nitrogen and oxygen atoms in total. The Morgan fingerprint density at radius 3 is 2.87 bits per heavy atom. The van der Waals surface area contributed by atoms with Crippen molar-refractivity contribution in [2.75, 3.05) is 26.2 Å². The lowest BCUT2D eigenvalue weighted by Crippen LogP contribution is -2.39. The summed E-state index contributed by atoms with van der Waals surface area (Å²) >= 11 is 0. The average molecular weight is 407 g/mol. The molecule has 0 unspecified atom stereocenters. The Kier molecular flexibility index (Phi) is 5.12. The second-order valence-electron chi connectivity index (χ2n) is 8.10. The summed E-state index contributed by atoms with van der Waals surface area (Å²) in [6, 6.07) is 7.63. The Morgan fingerprint density at radius 2 is 2.03 bits per heavy atom. The first-order valence-corrected chi connectivity index (χ1v) is 10.7. The maximum Gasteiger partial charge on any atom is 0.234 e. The lowest BCUT2D eigenvalue weighted by atomic mass is 9.89. The Balaban J connectivity index is 1.36. The van der Waals surface area contributed by atoms with Crippen LogP contribution in [0.1, 0.15) is 43.6 Å². The van der Waals surface area contributed by atoms with Crippen molar-refractivity contribution in [2.24, 2.45) is 0 Å². The molecule has 2 aliphatic rings. The fourth-order valence-corrected chi connectivity index (χ4v) is 4.55. The van der Waals surface area contributed by atoms with Crippen molar-refractivity contribution in [3.63, 3.8) is 0 Å². The zero-order valence-corrected chi connectivity index (χ0v) is 16.9. The molecule has 156 valence electrons. The van der Waals surface area contributed by atoms with E-state index in [0.717, 1.165) is 34.8 Å². The van der Waals surface area contributed by atoms with Gasteiger partial charge in [-0.2, -0.15) is 0 Å². The number of furan rings is 1. The van der Waals surface area contributed by atoms with E-state index in [-0.39, 0.29) is 11.8 Å². The van der Waals surface area contributed by atoms with Gasteiger partial charge in [0.05, 0.1) is 24.3 Å². The number of amides is 2. The minimum atomic E-state index is -0.393. The summed E-state index contributed by atoms with van der Waals surface area (Å²) in [6.07, 6.45) is 6.04. The van der Waals surface area contributed by atoms with Gasteiger partial charge in [-0.3, -0.25) is 14.9 Å².